The Bertz CT molecular complexity index is 1040. The van der Waals surface area contributed by atoms with Gasteiger partial charge in [-0.2, -0.15) is 0 Å². The molecule has 2 fully saturated rings. The molecule has 3 heterocycles. The fourth-order valence-electron chi connectivity index (χ4n) is 6.28. The number of hydrogen-bond donors (Lipinski definition) is 0. The summed E-state index contributed by atoms with van der Waals surface area (Å²) in [7, 11) is 0. The molecule has 0 spiro atoms. The van der Waals surface area contributed by atoms with E-state index in [0.717, 1.165) is 22.6 Å². The van der Waals surface area contributed by atoms with Crippen LogP contribution in [0.15, 0.2) is 34.9 Å². The lowest BCUT2D eigenvalue weighted by Gasteiger charge is -2.51. The number of nitrogens with zero attached hydrogens (tertiary/aromatic N) is 2. The minimum atomic E-state index is 0.166. The zero-order valence-corrected chi connectivity index (χ0v) is 16.6. The van der Waals surface area contributed by atoms with E-state index in [4.69, 9.17) is 4.42 Å². The van der Waals surface area contributed by atoms with Gasteiger partial charge in [-0.05, 0) is 62.1 Å². The number of pyridine rings is 1. The quantitative estimate of drug-likeness (QED) is 0.545. The smallest absolute Gasteiger partial charge is 0.227 e. The summed E-state index contributed by atoms with van der Waals surface area (Å²) in [6, 6.07) is 9.03. The Morgan fingerprint density at radius 1 is 1.08 bits per heavy atom. The minimum absolute atomic E-state index is 0.166. The molecule has 136 valence electrons. The number of hydrogen-bond acceptors (Lipinski definition) is 3. The SMILES string of the molecule is Cc1ccc2c(oc3ncccc32)c1N1C(C)C2(C)CC1(C)C(C)C2C. The monoisotopic (exact) mass is 348 g/mol. The van der Waals surface area contributed by atoms with Crippen LogP contribution in [-0.4, -0.2) is 16.6 Å². The van der Waals surface area contributed by atoms with Crippen LogP contribution in [0.4, 0.5) is 5.69 Å². The Morgan fingerprint density at radius 3 is 2.58 bits per heavy atom. The maximum Gasteiger partial charge on any atom is 0.227 e. The molecule has 1 aliphatic carbocycles. The van der Waals surface area contributed by atoms with Crippen LogP contribution >= 0.6 is 0 Å². The zero-order valence-electron chi connectivity index (χ0n) is 16.6. The second-order valence-corrected chi connectivity index (χ2v) is 9.23. The van der Waals surface area contributed by atoms with Gasteiger partial charge in [0.15, 0.2) is 5.58 Å². The molecule has 5 unspecified atom stereocenters. The van der Waals surface area contributed by atoms with Crippen molar-refractivity contribution in [3.05, 3.63) is 36.0 Å². The number of aromatic nitrogens is 1. The average molecular weight is 348 g/mol. The van der Waals surface area contributed by atoms with Gasteiger partial charge in [0.25, 0.3) is 0 Å². The summed E-state index contributed by atoms with van der Waals surface area (Å²) in [5, 5.41) is 2.29. The van der Waals surface area contributed by atoms with Crippen molar-refractivity contribution < 1.29 is 4.42 Å². The zero-order chi connectivity index (χ0) is 18.4. The molecule has 0 amide bonds. The highest BCUT2D eigenvalue weighted by atomic mass is 16.3. The highest BCUT2D eigenvalue weighted by Crippen LogP contribution is 2.65. The molecule has 1 saturated carbocycles. The highest BCUT2D eigenvalue weighted by Gasteiger charge is 2.66. The van der Waals surface area contributed by atoms with Crippen molar-refractivity contribution in [2.75, 3.05) is 4.90 Å². The summed E-state index contributed by atoms with van der Waals surface area (Å²) in [5.41, 5.74) is 4.82. The van der Waals surface area contributed by atoms with Crippen molar-refractivity contribution in [2.45, 2.75) is 59.5 Å². The normalized spacial score (nSPS) is 36.5. The molecular weight excluding hydrogens is 320 g/mol. The van der Waals surface area contributed by atoms with Crippen molar-refractivity contribution in [3.8, 4) is 0 Å². The van der Waals surface area contributed by atoms with Crippen LogP contribution in [0.25, 0.3) is 22.1 Å². The Labute approximate surface area is 155 Å². The fraction of sp³-hybridized carbons (Fsp3) is 0.522. The Kier molecular flexibility index (Phi) is 3.00. The fourth-order valence-corrected chi connectivity index (χ4v) is 6.28. The highest BCUT2D eigenvalue weighted by molar-refractivity contribution is 6.08. The van der Waals surface area contributed by atoms with Crippen molar-refractivity contribution in [3.63, 3.8) is 0 Å². The van der Waals surface area contributed by atoms with Gasteiger partial charge in [-0.15, -0.1) is 0 Å². The van der Waals surface area contributed by atoms with Crippen molar-refractivity contribution in [2.24, 2.45) is 17.3 Å². The van der Waals surface area contributed by atoms with E-state index in [1.54, 1.807) is 0 Å². The van der Waals surface area contributed by atoms with Gasteiger partial charge in [-0.1, -0.05) is 32.9 Å². The lowest BCUT2D eigenvalue weighted by molar-refractivity contribution is 0.148. The standard InChI is InChI=1S/C23H28N2O/c1-13-9-10-17-18-8-7-11-24-21(18)26-20(17)19(13)25-16(4)22(5)12-23(25,6)15(3)14(22)2/h7-11,14-16H,12H2,1-6H3. The number of aryl methyl sites for hydroxylation is 1. The lowest BCUT2D eigenvalue weighted by Crippen LogP contribution is -2.56. The first-order chi connectivity index (χ1) is 12.3. The molecular formula is C23H28N2O. The Hall–Kier alpha value is -2.03. The number of furan rings is 1. The van der Waals surface area contributed by atoms with Gasteiger partial charge in [-0.25, -0.2) is 4.98 Å². The molecule has 26 heavy (non-hydrogen) atoms. The average Bonchev–Trinajstić information content (AvgIpc) is 3.14. The van der Waals surface area contributed by atoms with Crippen LogP contribution in [-0.2, 0) is 0 Å². The molecule has 3 heteroatoms. The molecule has 1 aliphatic heterocycles. The van der Waals surface area contributed by atoms with Crippen molar-refractivity contribution >= 4 is 27.8 Å². The lowest BCUT2D eigenvalue weighted by atomic mass is 9.71. The molecule has 0 radical (unpaired) electrons. The third-order valence-corrected chi connectivity index (χ3v) is 8.24. The first-order valence-electron chi connectivity index (χ1n) is 9.85. The molecule has 1 saturated heterocycles. The number of anilines is 1. The molecule has 5 atom stereocenters. The number of rotatable bonds is 1. The van der Waals surface area contributed by atoms with Crippen LogP contribution in [0.1, 0.15) is 46.6 Å². The van der Waals surface area contributed by atoms with Gasteiger partial charge in [0, 0.05) is 28.6 Å². The summed E-state index contributed by atoms with van der Waals surface area (Å²) in [6.07, 6.45) is 3.06. The molecule has 3 nitrogen and oxygen atoms in total. The Morgan fingerprint density at radius 2 is 1.85 bits per heavy atom. The van der Waals surface area contributed by atoms with Gasteiger partial charge < -0.3 is 9.32 Å². The molecule has 2 aliphatic rings. The van der Waals surface area contributed by atoms with E-state index in [1.165, 1.54) is 23.1 Å². The second kappa shape index (κ2) is 4.82. The van der Waals surface area contributed by atoms with E-state index in [-0.39, 0.29) is 5.54 Å². The molecule has 1 aromatic carbocycles. The van der Waals surface area contributed by atoms with Crippen LogP contribution in [0.2, 0.25) is 0 Å². The molecule has 3 aromatic rings. The summed E-state index contributed by atoms with van der Waals surface area (Å²) in [4.78, 5) is 7.15. The number of piperidine rings is 1. The van der Waals surface area contributed by atoms with Gasteiger partial charge in [-0.3, -0.25) is 0 Å². The van der Waals surface area contributed by atoms with E-state index < -0.39 is 0 Å². The largest absolute Gasteiger partial charge is 0.436 e. The molecule has 2 aromatic heterocycles. The maximum atomic E-state index is 6.32. The van der Waals surface area contributed by atoms with Gasteiger partial charge in [0.2, 0.25) is 5.71 Å². The van der Waals surface area contributed by atoms with E-state index in [0.29, 0.717) is 17.4 Å². The van der Waals surface area contributed by atoms with E-state index in [9.17, 15) is 0 Å². The van der Waals surface area contributed by atoms with E-state index in [1.807, 2.05) is 12.3 Å². The van der Waals surface area contributed by atoms with Gasteiger partial charge in [0.05, 0.1) is 5.69 Å². The van der Waals surface area contributed by atoms with Crippen molar-refractivity contribution in [1.82, 2.24) is 4.98 Å². The second-order valence-electron chi connectivity index (χ2n) is 9.23. The minimum Gasteiger partial charge on any atom is -0.436 e. The predicted octanol–water partition coefficient (Wildman–Crippen LogP) is 5.94. The Balaban J connectivity index is 1.81. The van der Waals surface area contributed by atoms with E-state index >= 15 is 0 Å². The summed E-state index contributed by atoms with van der Waals surface area (Å²) < 4.78 is 6.32. The third kappa shape index (κ3) is 1.67. The van der Waals surface area contributed by atoms with Gasteiger partial charge >= 0.3 is 0 Å². The van der Waals surface area contributed by atoms with Crippen LogP contribution < -0.4 is 4.90 Å². The van der Waals surface area contributed by atoms with Crippen molar-refractivity contribution in [1.29, 1.82) is 0 Å². The first kappa shape index (κ1) is 16.2. The summed E-state index contributed by atoms with van der Waals surface area (Å²) in [6.45, 7) is 14.5. The number of benzene rings is 1. The molecule has 5 rings (SSSR count). The topological polar surface area (TPSA) is 29.3 Å². The third-order valence-electron chi connectivity index (χ3n) is 8.24. The van der Waals surface area contributed by atoms with E-state index in [2.05, 4.69) is 69.6 Å². The maximum absolute atomic E-state index is 6.32. The first-order valence-corrected chi connectivity index (χ1v) is 9.85. The molecule has 0 N–H and O–H groups in total. The summed E-state index contributed by atoms with van der Waals surface area (Å²) in [5.74, 6) is 1.39. The predicted molar refractivity (Wildman–Crippen MR) is 108 cm³/mol. The van der Waals surface area contributed by atoms with Gasteiger partial charge in [0.1, 0.15) is 0 Å². The molecule has 2 bridgehead atoms. The van der Waals surface area contributed by atoms with Crippen LogP contribution in [0.5, 0.6) is 0 Å². The van der Waals surface area contributed by atoms with Crippen LogP contribution in [0, 0.1) is 24.2 Å². The number of fused-ring (bicyclic) bond motifs is 5. The summed E-state index contributed by atoms with van der Waals surface area (Å²) >= 11 is 0. The van der Waals surface area contributed by atoms with Crippen LogP contribution in [0.3, 0.4) is 0 Å².